The van der Waals surface area contributed by atoms with Crippen molar-refractivity contribution in [3.8, 4) is 0 Å². The van der Waals surface area contributed by atoms with Gasteiger partial charge in [0.15, 0.2) is 0 Å². The second kappa shape index (κ2) is 7.97. The zero-order chi connectivity index (χ0) is 17.7. The van der Waals surface area contributed by atoms with E-state index in [1.807, 2.05) is 32.9 Å². The summed E-state index contributed by atoms with van der Waals surface area (Å²) < 4.78 is 0. The van der Waals surface area contributed by atoms with E-state index in [1.165, 1.54) is 0 Å². The molecule has 24 heavy (non-hydrogen) atoms. The molecule has 0 saturated carbocycles. The fourth-order valence-electron chi connectivity index (χ4n) is 2.22. The molecule has 0 aliphatic heterocycles. The van der Waals surface area contributed by atoms with Gasteiger partial charge in [0.25, 0.3) is 5.91 Å². The van der Waals surface area contributed by atoms with E-state index in [-0.39, 0.29) is 17.7 Å². The Morgan fingerprint density at radius 2 is 1.54 bits per heavy atom. The number of hydrogen-bond donors (Lipinski definition) is 2. The Balaban J connectivity index is 2.07. The Bertz CT molecular complexity index is 709. The van der Waals surface area contributed by atoms with Crippen LogP contribution in [-0.4, -0.2) is 17.9 Å². The van der Waals surface area contributed by atoms with Crippen molar-refractivity contribution in [2.24, 2.45) is 5.92 Å². The van der Waals surface area contributed by atoms with Crippen LogP contribution in [0.25, 0.3) is 0 Å². The highest BCUT2D eigenvalue weighted by atomic mass is 35.5. The highest BCUT2D eigenvalue weighted by Gasteiger charge is 2.24. The lowest BCUT2D eigenvalue weighted by molar-refractivity contribution is -0.118. The molecule has 0 aliphatic rings. The standard InChI is InChI=1S/C19H21ClN2O2/c1-12(2)17(19(24)21-16-10-8-15(20)9-11-16)22-18(23)14-6-4-13(3)5-7-14/h4-12,17H,1-3H3,(H,21,24)(H,22,23)/t17-/m0/s1. The van der Waals surface area contributed by atoms with Gasteiger partial charge in [-0.3, -0.25) is 9.59 Å². The van der Waals surface area contributed by atoms with E-state index in [0.29, 0.717) is 16.3 Å². The van der Waals surface area contributed by atoms with E-state index in [9.17, 15) is 9.59 Å². The van der Waals surface area contributed by atoms with Gasteiger partial charge in [0.2, 0.25) is 5.91 Å². The molecule has 0 unspecified atom stereocenters. The normalized spacial score (nSPS) is 11.9. The summed E-state index contributed by atoms with van der Waals surface area (Å²) in [7, 11) is 0. The molecular weight excluding hydrogens is 324 g/mol. The Hall–Kier alpha value is -2.33. The Morgan fingerprint density at radius 1 is 0.958 bits per heavy atom. The Kier molecular flexibility index (Phi) is 5.99. The first kappa shape index (κ1) is 18.0. The first-order chi connectivity index (χ1) is 11.4. The van der Waals surface area contributed by atoms with Crippen molar-refractivity contribution in [3.05, 3.63) is 64.7 Å². The summed E-state index contributed by atoms with van der Waals surface area (Å²) in [6.45, 7) is 5.74. The molecule has 4 nitrogen and oxygen atoms in total. The topological polar surface area (TPSA) is 58.2 Å². The van der Waals surface area contributed by atoms with E-state index < -0.39 is 6.04 Å². The van der Waals surface area contributed by atoms with Crippen LogP contribution in [0.1, 0.15) is 29.8 Å². The summed E-state index contributed by atoms with van der Waals surface area (Å²) in [6.07, 6.45) is 0. The van der Waals surface area contributed by atoms with Crippen molar-refractivity contribution in [3.63, 3.8) is 0 Å². The number of halogens is 1. The molecule has 2 amide bonds. The van der Waals surface area contributed by atoms with Crippen LogP contribution >= 0.6 is 11.6 Å². The predicted molar refractivity (Wildman–Crippen MR) is 97.4 cm³/mol. The average molecular weight is 345 g/mol. The van der Waals surface area contributed by atoms with E-state index in [0.717, 1.165) is 5.56 Å². The number of carbonyl (C=O) groups is 2. The second-order valence-corrected chi connectivity index (χ2v) is 6.49. The summed E-state index contributed by atoms with van der Waals surface area (Å²) in [5.41, 5.74) is 2.25. The van der Waals surface area contributed by atoms with Crippen LogP contribution in [0, 0.1) is 12.8 Å². The second-order valence-electron chi connectivity index (χ2n) is 6.06. The maximum atomic E-state index is 12.5. The van der Waals surface area contributed by atoms with Gasteiger partial charge in [-0.15, -0.1) is 0 Å². The van der Waals surface area contributed by atoms with Crippen LogP contribution in [0.2, 0.25) is 5.02 Å². The van der Waals surface area contributed by atoms with Crippen LogP contribution in [0.3, 0.4) is 0 Å². The molecule has 0 spiro atoms. The minimum absolute atomic E-state index is 0.0494. The number of benzene rings is 2. The fourth-order valence-corrected chi connectivity index (χ4v) is 2.34. The molecule has 2 N–H and O–H groups in total. The quantitative estimate of drug-likeness (QED) is 0.860. The average Bonchev–Trinajstić information content (AvgIpc) is 2.54. The molecule has 0 radical (unpaired) electrons. The number of nitrogens with one attached hydrogen (secondary N) is 2. The lowest BCUT2D eigenvalue weighted by atomic mass is 10.0. The molecule has 1 atom stereocenters. The van der Waals surface area contributed by atoms with Crippen molar-refractivity contribution in [1.29, 1.82) is 0 Å². The largest absolute Gasteiger partial charge is 0.340 e. The van der Waals surface area contributed by atoms with Gasteiger partial charge < -0.3 is 10.6 Å². The van der Waals surface area contributed by atoms with Crippen LogP contribution in [0.15, 0.2) is 48.5 Å². The van der Waals surface area contributed by atoms with E-state index in [1.54, 1.807) is 36.4 Å². The van der Waals surface area contributed by atoms with Crippen LogP contribution in [-0.2, 0) is 4.79 Å². The first-order valence-electron chi connectivity index (χ1n) is 7.81. The smallest absolute Gasteiger partial charge is 0.251 e. The van der Waals surface area contributed by atoms with Gasteiger partial charge in [0.1, 0.15) is 6.04 Å². The van der Waals surface area contributed by atoms with Crippen molar-refractivity contribution in [2.75, 3.05) is 5.32 Å². The van der Waals surface area contributed by atoms with Crippen molar-refractivity contribution in [1.82, 2.24) is 5.32 Å². The zero-order valence-corrected chi connectivity index (χ0v) is 14.7. The highest BCUT2D eigenvalue weighted by Crippen LogP contribution is 2.15. The maximum absolute atomic E-state index is 12.5. The fraction of sp³-hybridized carbons (Fsp3) is 0.263. The van der Waals surface area contributed by atoms with Crippen LogP contribution < -0.4 is 10.6 Å². The summed E-state index contributed by atoms with van der Waals surface area (Å²) >= 11 is 5.84. The number of hydrogen-bond acceptors (Lipinski definition) is 2. The predicted octanol–water partition coefficient (Wildman–Crippen LogP) is 4.04. The molecule has 0 heterocycles. The molecule has 0 bridgehead atoms. The summed E-state index contributed by atoms with van der Waals surface area (Å²) in [5, 5.41) is 6.21. The lowest BCUT2D eigenvalue weighted by Gasteiger charge is -2.22. The molecule has 5 heteroatoms. The molecule has 2 rings (SSSR count). The number of amides is 2. The molecule has 0 fully saturated rings. The molecule has 126 valence electrons. The van der Waals surface area contributed by atoms with Crippen LogP contribution in [0.4, 0.5) is 5.69 Å². The first-order valence-corrected chi connectivity index (χ1v) is 8.18. The van der Waals surface area contributed by atoms with Crippen molar-refractivity contribution in [2.45, 2.75) is 26.8 Å². The lowest BCUT2D eigenvalue weighted by Crippen LogP contribution is -2.47. The van der Waals surface area contributed by atoms with Crippen molar-refractivity contribution < 1.29 is 9.59 Å². The minimum Gasteiger partial charge on any atom is -0.340 e. The Morgan fingerprint density at radius 3 is 2.08 bits per heavy atom. The number of anilines is 1. The van der Waals surface area contributed by atoms with E-state index in [2.05, 4.69) is 10.6 Å². The Labute approximate surface area is 147 Å². The summed E-state index contributed by atoms with van der Waals surface area (Å²) in [6, 6.07) is 13.4. The number of aryl methyl sites for hydroxylation is 1. The summed E-state index contributed by atoms with van der Waals surface area (Å²) in [4.78, 5) is 24.9. The molecule has 2 aromatic carbocycles. The molecule has 0 aromatic heterocycles. The highest BCUT2D eigenvalue weighted by molar-refractivity contribution is 6.30. The third-order valence-electron chi connectivity index (χ3n) is 3.66. The van der Waals surface area contributed by atoms with Gasteiger partial charge in [-0.05, 0) is 49.2 Å². The minimum atomic E-state index is -0.630. The molecule has 0 aliphatic carbocycles. The molecule has 2 aromatic rings. The number of rotatable bonds is 5. The zero-order valence-electron chi connectivity index (χ0n) is 14.0. The van der Waals surface area contributed by atoms with Gasteiger partial charge in [0.05, 0.1) is 0 Å². The summed E-state index contributed by atoms with van der Waals surface area (Å²) in [5.74, 6) is -0.570. The maximum Gasteiger partial charge on any atom is 0.251 e. The van der Waals surface area contributed by atoms with Gasteiger partial charge in [-0.2, -0.15) is 0 Å². The van der Waals surface area contributed by atoms with Gasteiger partial charge in [-0.1, -0.05) is 43.1 Å². The van der Waals surface area contributed by atoms with Crippen molar-refractivity contribution >= 4 is 29.1 Å². The van der Waals surface area contributed by atoms with Crippen LogP contribution in [0.5, 0.6) is 0 Å². The van der Waals surface area contributed by atoms with Gasteiger partial charge in [-0.25, -0.2) is 0 Å². The van der Waals surface area contributed by atoms with Gasteiger partial charge in [0, 0.05) is 16.3 Å². The molecular formula is C19H21ClN2O2. The van der Waals surface area contributed by atoms with Gasteiger partial charge >= 0.3 is 0 Å². The SMILES string of the molecule is Cc1ccc(C(=O)N[C@H](C(=O)Nc2ccc(Cl)cc2)C(C)C)cc1. The third kappa shape index (κ3) is 4.83. The monoisotopic (exact) mass is 344 g/mol. The third-order valence-corrected chi connectivity index (χ3v) is 3.91. The number of carbonyl (C=O) groups excluding carboxylic acids is 2. The van der Waals surface area contributed by atoms with E-state index >= 15 is 0 Å². The van der Waals surface area contributed by atoms with E-state index in [4.69, 9.17) is 11.6 Å². The molecule has 0 saturated heterocycles.